The first kappa shape index (κ1) is 18.3. The maximum absolute atomic E-state index is 12.5. The molecule has 1 aromatic carbocycles. The van der Waals surface area contributed by atoms with E-state index >= 15 is 0 Å². The highest BCUT2D eigenvalue weighted by molar-refractivity contribution is 7.89. The normalized spacial score (nSPS) is 15.5. The fourth-order valence-corrected chi connectivity index (χ4v) is 3.66. The molecule has 0 spiro atoms. The molecule has 6 nitrogen and oxygen atoms in total. The van der Waals surface area contributed by atoms with Crippen molar-refractivity contribution < 1.29 is 17.9 Å². The number of ether oxygens (including phenoxy) is 2. The molecule has 2 rings (SSSR count). The summed E-state index contributed by atoms with van der Waals surface area (Å²) in [5, 5.41) is 0.102. The van der Waals surface area contributed by atoms with Crippen molar-refractivity contribution in [3.8, 4) is 11.5 Å². The Labute approximate surface area is 135 Å². The van der Waals surface area contributed by atoms with E-state index < -0.39 is 10.0 Å². The van der Waals surface area contributed by atoms with Crippen molar-refractivity contribution in [1.82, 2.24) is 4.31 Å². The van der Waals surface area contributed by atoms with Crippen molar-refractivity contribution in [2.45, 2.75) is 17.9 Å². The van der Waals surface area contributed by atoms with Crippen LogP contribution in [0, 0.1) is 0 Å². The van der Waals surface area contributed by atoms with Crippen LogP contribution in [0.15, 0.2) is 17.0 Å². The van der Waals surface area contributed by atoms with E-state index in [1.807, 2.05) is 0 Å². The van der Waals surface area contributed by atoms with Gasteiger partial charge in [-0.05, 0) is 6.92 Å². The lowest BCUT2D eigenvalue weighted by Gasteiger charge is -2.25. The van der Waals surface area contributed by atoms with Gasteiger partial charge >= 0.3 is 0 Å². The molecule has 0 aliphatic carbocycles. The van der Waals surface area contributed by atoms with Crippen molar-refractivity contribution in [1.29, 1.82) is 0 Å². The average molecular weight is 357 g/mol. The van der Waals surface area contributed by atoms with E-state index in [0.717, 1.165) is 0 Å². The number of halogens is 2. The standard InChI is InChI=1S/C12H17ClN2O4S.ClH/c1-8(7-14)15(2)20(16,17)12-6-11-10(5-9(12)13)18-3-4-19-11;/h5-6,8H,3-4,7,14H2,1-2H3;1H. The number of benzene rings is 1. The van der Waals surface area contributed by atoms with Crippen LogP contribution in [-0.2, 0) is 10.0 Å². The Balaban J connectivity index is 0.00000220. The number of likely N-dealkylation sites (N-methyl/N-ethyl adjacent to an activating group) is 1. The fourth-order valence-electron chi connectivity index (χ4n) is 1.78. The molecular formula is C12H18Cl2N2O4S. The number of nitrogens with two attached hydrogens (primary N) is 1. The molecule has 9 heteroatoms. The molecule has 0 radical (unpaired) electrons. The van der Waals surface area contributed by atoms with Crippen LogP contribution in [0.3, 0.4) is 0 Å². The molecule has 2 N–H and O–H groups in total. The molecule has 1 aliphatic rings. The molecule has 1 aromatic rings. The van der Waals surface area contributed by atoms with Gasteiger partial charge in [-0.25, -0.2) is 8.42 Å². The highest BCUT2D eigenvalue weighted by Gasteiger charge is 2.29. The number of hydrogen-bond donors (Lipinski definition) is 1. The Morgan fingerprint density at radius 1 is 1.33 bits per heavy atom. The molecule has 0 saturated carbocycles. The third-order valence-electron chi connectivity index (χ3n) is 3.22. The summed E-state index contributed by atoms with van der Waals surface area (Å²) in [4.78, 5) is -0.00813. The molecule has 0 saturated heterocycles. The van der Waals surface area contributed by atoms with Gasteiger partial charge in [0.2, 0.25) is 10.0 Å². The van der Waals surface area contributed by atoms with Gasteiger partial charge in [-0.2, -0.15) is 4.31 Å². The van der Waals surface area contributed by atoms with Crippen molar-refractivity contribution >= 4 is 34.0 Å². The van der Waals surface area contributed by atoms with Gasteiger partial charge < -0.3 is 15.2 Å². The zero-order valence-corrected chi connectivity index (χ0v) is 14.1. The molecule has 120 valence electrons. The van der Waals surface area contributed by atoms with E-state index in [1.165, 1.54) is 23.5 Å². The van der Waals surface area contributed by atoms with Crippen molar-refractivity contribution in [3.63, 3.8) is 0 Å². The molecular weight excluding hydrogens is 339 g/mol. The van der Waals surface area contributed by atoms with Gasteiger partial charge in [0.1, 0.15) is 18.1 Å². The Morgan fingerprint density at radius 3 is 2.38 bits per heavy atom. The van der Waals surface area contributed by atoms with Gasteiger partial charge in [0.25, 0.3) is 0 Å². The van der Waals surface area contributed by atoms with Crippen LogP contribution in [0.5, 0.6) is 11.5 Å². The predicted octanol–water partition coefficient (Wildman–Crippen LogP) is 1.50. The summed E-state index contributed by atoms with van der Waals surface area (Å²) in [5.41, 5.74) is 5.51. The van der Waals surface area contributed by atoms with Gasteiger partial charge in [0.15, 0.2) is 11.5 Å². The lowest BCUT2D eigenvalue weighted by Crippen LogP contribution is -2.39. The van der Waals surface area contributed by atoms with Crippen LogP contribution in [0.1, 0.15) is 6.92 Å². The van der Waals surface area contributed by atoms with Crippen LogP contribution < -0.4 is 15.2 Å². The van der Waals surface area contributed by atoms with Crippen LogP contribution in [0.25, 0.3) is 0 Å². The van der Waals surface area contributed by atoms with E-state index in [0.29, 0.717) is 24.7 Å². The van der Waals surface area contributed by atoms with Gasteiger partial charge in [-0.3, -0.25) is 0 Å². The van der Waals surface area contributed by atoms with E-state index in [2.05, 4.69) is 0 Å². The molecule has 0 aromatic heterocycles. The summed E-state index contributed by atoms with van der Waals surface area (Å²) in [6, 6.07) is 2.53. The first-order valence-electron chi connectivity index (χ1n) is 6.15. The average Bonchev–Trinajstić information content (AvgIpc) is 2.44. The second-order valence-electron chi connectivity index (χ2n) is 4.53. The van der Waals surface area contributed by atoms with Gasteiger partial charge in [0.05, 0.1) is 5.02 Å². The van der Waals surface area contributed by atoms with Crippen LogP contribution in [0.4, 0.5) is 0 Å². The largest absolute Gasteiger partial charge is 0.486 e. The first-order chi connectivity index (χ1) is 9.37. The smallest absolute Gasteiger partial charge is 0.244 e. The second-order valence-corrected chi connectivity index (χ2v) is 6.91. The van der Waals surface area contributed by atoms with E-state index in [4.69, 9.17) is 26.8 Å². The summed E-state index contributed by atoms with van der Waals surface area (Å²) >= 11 is 6.07. The Morgan fingerprint density at radius 2 is 1.86 bits per heavy atom. The maximum Gasteiger partial charge on any atom is 0.244 e. The molecule has 0 amide bonds. The van der Waals surface area contributed by atoms with Crippen LogP contribution in [0.2, 0.25) is 5.02 Å². The monoisotopic (exact) mass is 356 g/mol. The summed E-state index contributed by atoms with van der Waals surface area (Å²) < 4.78 is 37.0. The quantitative estimate of drug-likeness (QED) is 0.883. The van der Waals surface area contributed by atoms with Gasteiger partial charge in [-0.15, -0.1) is 12.4 Å². The van der Waals surface area contributed by atoms with Gasteiger partial charge in [0, 0.05) is 31.8 Å². The third kappa shape index (κ3) is 3.54. The Bertz CT molecular complexity index is 610. The number of hydrogen-bond acceptors (Lipinski definition) is 5. The Kier molecular flexibility index (Phi) is 6.12. The lowest BCUT2D eigenvalue weighted by atomic mass is 10.3. The fraction of sp³-hybridized carbons (Fsp3) is 0.500. The molecule has 0 fully saturated rings. The molecule has 0 bridgehead atoms. The van der Waals surface area contributed by atoms with Crippen molar-refractivity contribution in [2.24, 2.45) is 5.73 Å². The third-order valence-corrected chi connectivity index (χ3v) is 5.65. The van der Waals surface area contributed by atoms with Crippen LogP contribution >= 0.6 is 24.0 Å². The maximum atomic E-state index is 12.5. The van der Waals surface area contributed by atoms with E-state index in [-0.39, 0.29) is 34.9 Å². The Hall–Kier alpha value is -0.730. The molecule has 1 heterocycles. The summed E-state index contributed by atoms with van der Waals surface area (Å²) in [5.74, 6) is 0.836. The first-order valence-corrected chi connectivity index (χ1v) is 7.97. The zero-order valence-electron chi connectivity index (χ0n) is 11.7. The number of sulfonamides is 1. The summed E-state index contributed by atoms with van der Waals surface area (Å²) in [6.07, 6.45) is 0. The summed E-state index contributed by atoms with van der Waals surface area (Å²) in [6.45, 7) is 2.74. The van der Waals surface area contributed by atoms with E-state index in [9.17, 15) is 8.42 Å². The van der Waals surface area contributed by atoms with Crippen LogP contribution in [-0.4, -0.2) is 45.6 Å². The van der Waals surface area contributed by atoms with Gasteiger partial charge in [-0.1, -0.05) is 11.6 Å². The minimum atomic E-state index is -3.73. The summed E-state index contributed by atoms with van der Waals surface area (Å²) in [7, 11) is -2.26. The minimum absolute atomic E-state index is 0. The van der Waals surface area contributed by atoms with E-state index in [1.54, 1.807) is 6.92 Å². The molecule has 21 heavy (non-hydrogen) atoms. The number of nitrogens with zero attached hydrogens (tertiary/aromatic N) is 1. The SMILES string of the molecule is CC(CN)N(C)S(=O)(=O)c1cc2c(cc1Cl)OCCO2.Cl. The minimum Gasteiger partial charge on any atom is -0.486 e. The molecule has 1 unspecified atom stereocenters. The highest BCUT2D eigenvalue weighted by Crippen LogP contribution is 2.38. The zero-order chi connectivity index (χ0) is 14.9. The second kappa shape index (κ2) is 7.02. The van der Waals surface area contributed by atoms with Crippen molar-refractivity contribution in [3.05, 3.63) is 17.2 Å². The molecule has 1 atom stereocenters. The highest BCUT2D eigenvalue weighted by atomic mass is 35.5. The number of fused-ring (bicyclic) bond motifs is 1. The molecule has 1 aliphatic heterocycles. The topological polar surface area (TPSA) is 81.9 Å². The van der Waals surface area contributed by atoms with Crippen molar-refractivity contribution in [2.75, 3.05) is 26.8 Å². The number of rotatable bonds is 4. The lowest BCUT2D eigenvalue weighted by molar-refractivity contribution is 0.171. The predicted molar refractivity (Wildman–Crippen MR) is 83.2 cm³/mol.